The Labute approximate surface area is 175 Å². The van der Waals surface area contributed by atoms with Crippen LogP contribution in [0.2, 0.25) is 0 Å². The van der Waals surface area contributed by atoms with Crippen molar-refractivity contribution in [3.8, 4) is 0 Å². The van der Waals surface area contributed by atoms with E-state index in [1.54, 1.807) is 11.7 Å². The number of amides is 1. The van der Waals surface area contributed by atoms with E-state index in [0.29, 0.717) is 31.9 Å². The molecule has 2 aromatic rings. The molecule has 5 nitrogen and oxygen atoms in total. The molecule has 0 bridgehead atoms. The van der Waals surface area contributed by atoms with Crippen LogP contribution in [0.15, 0.2) is 30.3 Å². The van der Waals surface area contributed by atoms with Gasteiger partial charge in [0.15, 0.2) is 0 Å². The lowest BCUT2D eigenvalue weighted by molar-refractivity contribution is -0.137. The summed E-state index contributed by atoms with van der Waals surface area (Å²) in [6, 6.07) is 7.17. The summed E-state index contributed by atoms with van der Waals surface area (Å²) in [7, 11) is 1.79. The molecule has 0 aliphatic carbocycles. The van der Waals surface area contributed by atoms with Crippen molar-refractivity contribution in [2.45, 2.75) is 45.3 Å². The van der Waals surface area contributed by atoms with Crippen LogP contribution in [0.5, 0.6) is 0 Å². The van der Waals surface area contributed by atoms with Crippen molar-refractivity contribution in [3.63, 3.8) is 0 Å². The van der Waals surface area contributed by atoms with Gasteiger partial charge in [-0.2, -0.15) is 18.3 Å². The number of benzene rings is 1. The maximum absolute atomic E-state index is 13.1. The van der Waals surface area contributed by atoms with Gasteiger partial charge in [-0.3, -0.25) is 14.4 Å². The molecule has 0 N–H and O–H groups in total. The lowest BCUT2D eigenvalue weighted by Crippen LogP contribution is -2.36. The molecule has 1 saturated heterocycles. The monoisotopic (exact) mass is 422 g/mol. The van der Waals surface area contributed by atoms with Crippen molar-refractivity contribution in [1.82, 2.24) is 19.6 Å². The molecular formula is C22H29F3N4O. The van der Waals surface area contributed by atoms with Crippen LogP contribution in [-0.4, -0.2) is 51.7 Å². The minimum atomic E-state index is -4.32. The van der Waals surface area contributed by atoms with Crippen LogP contribution >= 0.6 is 0 Å². The zero-order valence-electron chi connectivity index (χ0n) is 18.0. The quantitative estimate of drug-likeness (QED) is 0.748. The minimum absolute atomic E-state index is 0.0307. The normalized spacial score (nSPS) is 16.6. The summed E-state index contributed by atoms with van der Waals surface area (Å²) in [4.78, 5) is 17.1. The molecule has 0 saturated carbocycles. The van der Waals surface area contributed by atoms with Gasteiger partial charge in [0.05, 0.1) is 11.3 Å². The topological polar surface area (TPSA) is 41.4 Å². The fraction of sp³-hybridized carbons (Fsp3) is 0.545. The highest BCUT2D eigenvalue weighted by Crippen LogP contribution is 2.29. The van der Waals surface area contributed by atoms with Gasteiger partial charge in [0, 0.05) is 45.2 Å². The Hall–Kier alpha value is -2.35. The molecule has 1 aromatic heterocycles. The van der Waals surface area contributed by atoms with Crippen molar-refractivity contribution >= 4 is 5.91 Å². The van der Waals surface area contributed by atoms with Crippen LogP contribution < -0.4 is 0 Å². The Morgan fingerprint density at radius 3 is 2.27 bits per heavy atom. The largest absolute Gasteiger partial charge is 0.416 e. The summed E-state index contributed by atoms with van der Waals surface area (Å²) in [6.45, 7) is 9.46. The molecule has 8 heteroatoms. The molecule has 30 heavy (non-hydrogen) atoms. The number of aryl methyl sites for hydroxylation is 1. The van der Waals surface area contributed by atoms with E-state index in [1.165, 1.54) is 12.1 Å². The number of alkyl halides is 3. The van der Waals surface area contributed by atoms with Crippen LogP contribution in [0.3, 0.4) is 0 Å². The molecule has 1 aromatic carbocycles. The van der Waals surface area contributed by atoms with Gasteiger partial charge in [0.25, 0.3) is 5.91 Å². The first kappa shape index (κ1) is 22.3. The molecular weight excluding hydrogens is 393 g/mol. The van der Waals surface area contributed by atoms with Gasteiger partial charge in [-0.25, -0.2) is 0 Å². The average Bonchev–Trinajstić information content (AvgIpc) is 2.90. The van der Waals surface area contributed by atoms with Crippen LogP contribution in [0.1, 0.15) is 54.5 Å². The lowest BCUT2D eigenvalue weighted by Gasteiger charge is -2.22. The van der Waals surface area contributed by atoms with Crippen molar-refractivity contribution in [2.24, 2.45) is 7.05 Å². The van der Waals surface area contributed by atoms with E-state index in [4.69, 9.17) is 0 Å². The van der Waals surface area contributed by atoms with Gasteiger partial charge in [-0.15, -0.1) is 0 Å². The highest BCUT2D eigenvalue weighted by atomic mass is 19.4. The second-order valence-corrected chi connectivity index (χ2v) is 8.91. The molecule has 0 radical (unpaired) electrons. The van der Waals surface area contributed by atoms with E-state index < -0.39 is 11.7 Å². The van der Waals surface area contributed by atoms with Crippen LogP contribution in [0, 0.1) is 0 Å². The first-order chi connectivity index (χ1) is 13.9. The highest BCUT2D eigenvalue weighted by Gasteiger charge is 2.30. The zero-order valence-corrected chi connectivity index (χ0v) is 18.0. The van der Waals surface area contributed by atoms with E-state index in [9.17, 15) is 18.0 Å². The smallest absolute Gasteiger partial charge is 0.336 e. The van der Waals surface area contributed by atoms with Gasteiger partial charge >= 0.3 is 6.18 Å². The number of hydrogen-bond acceptors (Lipinski definition) is 3. The molecule has 3 rings (SSSR count). The molecule has 1 aliphatic rings. The van der Waals surface area contributed by atoms with Crippen molar-refractivity contribution in [1.29, 1.82) is 0 Å². The van der Waals surface area contributed by atoms with Crippen molar-refractivity contribution in [2.75, 3.05) is 26.2 Å². The molecule has 1 aliphatic heterocycles. The summed E-state index contributed by atoms with van der Waals surface area (Å²) in [5, 5.41) is 4.50. The summed E-state index contributed by atoms with van der Waals surface area (Å²) < 4.78 is 39.8. The maximum atomic E-state index is 13.1. The lowest BCUT2D eigenvalue weighted by atomic mass is 9.92. The number of aromatic nitrogens is 2. The SMILES string of the molecule is Cn1nc(C(C)(C)C)cc1C(=O)N1CCCN(Cc2ccc(C(F)(F)F)cc2)CC1. The predicted molar refractivity (Wildman–Crippen MR) is 109 cm³/mol. The standard InChI is InChI=1S/C22H29F3N4O/c1-21(2,3)19-14-18(27(4)26-19)20(30)29-11-5-10-28(12-13-29)15-16-6-8-17(9-7-16)22(23,24)25/h6-9,14H,5,10-13,15H2,1-4H3. The number of rotatable bonds is 3. The average molecular weight is 422 g/mol. The summed E-state index contributed by atoms with van der Waals surface area (Å²) in [6.07, 6.45) is -3.50. The van der Waals surface area contributed by atoms with E-state index in [1.807, 2.05) is 11.0 Å². The molecule has 0 unspecified atom stereocenters. The number of carbonyl (C=O) groups is 1. The van der Waals surface area contributed by atoms with Crippen LogP contribution in [0.4, 0.5) is 13.2 Å². The molecule has 2 heterocycles. The van der Waals surface area contributed by atoms with Gasteiger partial charge in [0.2, 0.25) is 0 Å². The fourth-order valence-electron chi connectivity index (χ4n) is 3.59. The predicted octanol–water partition coefficient (Wildman–Crippen LogP) is 4.08. The van der Waals surface area contributed by atoms with Gasteiger partial charge in [-0.05, 0) is 30.2 Å². The second-order valence-electron chi connectivity index (χ2n) is 8.91. The van der Waals surface area contributed by atoms with Crippen molar-refractivity contribution < 1.29 is 18.0 Å². The third-order valence-electron chi connectivity index (χ3n) is 5.43. The molecule has 0 spiro atoms. The number of hydrogen-bond donors (Lipinski definition) is 0. The van der Waals surface area contributed by atoms with Gasteiger partial charge in [-0.1, -0.05) is 32.9 Å². The zero-order chi connectivity index (χ0) is 22.1. The first-order valence-corrected chi connectivity index (χ1v) is 10.2. The molecule has 0 atom stereocenters. The number of halogens is 3. The Kier molecular flexibility index (Phi) is 6.26. The second kappa shape index (κ2) is 8.41. The Morgan fingerprint density at radius 1 is 1.03 bits per heavy atom. The van der Waals surface area contributed by atoms with Gasteiger partial charge < -0.3 is 4.90 Å². The third kappa shape index (κ3) is 5.22. The minimum Gasteiger partial charge on any atom is -0.336 e. The highest BCUT2D eigenvalue weighted by molar-refractivity contribution is 5.92. The van der Waals surface area contributed by atoms with Crippen molar-refractivity contribution in [3.05, 3.63) is 52.8 Å². The Balaban J connectivity index is 1.62. The van der Waals surface area contributed by atoms with Crippen LogP contribution in [0.25, 0.3) is 0 Å². The Bertz CT molecular complexity index is 881. The summed E-state index contributed by atoms with van der Waals surface area (Å²) in [5.41, 5.74) is 1.53. The maximum Gasteiger partial charge on any atom is 0.416 e. The van der Waals surface area contributed by atoms with E-state index in [-0.39, 0.29) is 11.3 Å². The molecule has 1 fully saturated rings. The molecule has 1 amide bonds. The van der Waals surface area contributed by atoms with Crippen LogP contribution in [-0.2, 0) is 25.2 Å². The first-order valence-electron chi connectivity index (χ1n) is 10.2. The van der Waals surface area contributed by atoms with Gasteiger partial charge in [0.1, 0.15) is 5.69 Å². The Morgan fingerprint density at radius 2 is 1.70 bits per heavy atom. The van der Waals surface area contributed by atoms with E-state index in [0.717, 1.165) is 36.4 Å². The van der Waals surface area contributed by atoms with E-state index >= 15 is 0 Å². The number of nitrogens with zero attached hydrogens (tertiary/aromatic N) is 4. The fourth-order valence-corrected chi connectivity index (χ4v) is 3.59. The summed E-state index contributed by atoms with van der Waals surface area (Å²) in [5.74, 6) is -0.0307. The third-order valence-corrected chi connectivity index (χ3v) is 5.43. The number of carbonyl (C=O) groups excluding carboxylic acids is 1. The van der Waals surface area contributed by atoms with E-state index in [2.05, 4.69) is 30.8 Å². The molecule has 164 valence electrons. The summed E-state index contributed by atoms with van der Waals surface area (Å²) >= 11 is 0.